The number of nitrogens with one attached hydrogen (secondary N) is 1. The zero-order valence-electron chi connectivity index (χ0n) is 15.0. The predicted molar refractivity (Wildman–Crippen MR) is 100 cm³/mol. The van der Waals surface area contributed by atoms with Crippen LogP contribution in [0.4, 0.5) is 13.6 Å². The van der Waals surface area contributed by atoms with Crippen molar-refractivity contribution in [3.63, 3.8) is 0 Å². The first-order chi connectivity index (χ1) is 13.5. The van der Waals surface area contributed by atoms with Crippen molar-refractivity contribution in [3.8, 4) is 11.3 Å². The van der Waals surface area contributed by atoms with Crippen molar-refractivity contribution < 1.29 is 18.7 Å². The third-order valence-electron chi connectivity index (χ3n) is 5.31. The summed E-state index contributed by atoms with van der Waals surface area (Å²) in [4.78, 5) is 12.8. The Hall–Kier alpha value is -3.22. The fraction of sp³-hybridized carbons (Fsp3) is 0.238. The van der Waals surface area contributed by atoms with E-state index >= 15 is 0 Å². The Morgan fingerprint density at radius 3 is 2.32 bits per heavy atom. The average Bonchev–Trinajstić information content (AvgIpc) is 3.18. The molecule has 1 aliphatic rings. The number of aromatic amines is 1. The predicted octanol–water partition coefficient (Wildman–Crippen LogP) is 4.61. The highest BCUT2D eigenvalue weighted by Gasteiger charge is 2.34. The minimum Gasteiger partial charge on any atom is -0.465 e. The van der Waals surface area contributed by atoms with E-state index in [1.807, 2.05) is 6.07 Å². The van der Waals surface area contributed by atoms with Gasteiger partial charge in [-0.3, -0.25) is 5.10 Å². The second-order valence-electron chi connectivity index (χ2n) is 7.00. The van der Waals surface area contributed by atoms with Gasteiger partial charge in [0.05, 0.1) is 11.4 Å². The number of amides is 1. The molecule has 1 amide bonds. The summed E-state index contributed by atoms with van der Waals surface area (Å²) >= 11 is 0. The molecule has 2 atom stereocenters. The van der Waals surface area contributed by atoms with E-state index in [9.17, 15) is 18.7 Å². The van der Waals surface area contributed by atoms with Gasteiger partial charge in [-0.25, -0.2) is 13.6 Å². The van der Waals surface area contributed by atoms with Crippen LogP contribution in [0.2, 0.25) is 0 Å². The van der Waals surface area contributed by atoms with E-state index in [1.165, 1.54) is 29.2 Å². The Labute approximate surface area is 160 Å². The summed E-state index contributed by atoms with van der Waals surface area (Å²) in [5.41, 5.74) is 3.29. The molecule has 0 radical (unpaired) electrons. The fourth-order valence-corrected chi connectivity index (χ4v) is 3.83. The molecule has 2 N–H and O–H groups in total. The lowest BCUT2D eigenvalue weighted by Crippen LogP contribution is -2.41. The minimum absolute atomic E-state index is 0.00786. The molecule has 0 spiro atoms. The number of halogens is 2. The van der Waals surface area contributed by atoms with Gasteiger partial charge >= 0.3 is 6.09 Å². The SMILES string of the molecule is O=C(O)N1CC[C@@H](c2cc(-c3ccc(F)cc3)[nH]n2)[C@H](c2ccc(F)cc2)C1. The molecule has 3 aromatic rings. The van der Waals surface area contributed by atoms with E-state index in [0.717, 1.165) is 22.5 Å². The molecule has 2 heterocycles. The van der Waals surface area contributed by atoms with Crippen LogP contribution in [0.3, 0.4) is 0 Å². The van der Waals surface area contributed by atoms with Gasteiger partial charge in [0.1, 0.15) is 11.6 Å². The number of rotatable bonds is 3. The van der Waals surface area contributed by atoms with E-state index in [2.05, 4.69) is 10.2 Å². The number of carbonyl (C=O) groups is 1. The molecular formula is C21H19F2N3O2. The molecule has 1 aromatic heterocycles. The molecule has 2 aromatic carbocycles. The van der Waals surface area contributed by atoms with Gasteiger partial charge in [-0.15, -0.1) is 0 Å². The molecule has 0 unspecified atom stereocenters. The van der Waals surface area contributed by atoms with Gasteiger partial charge < -0.3 is 10.0 Å². The molecule has 144 valence electrons. The third kappa shape index (κ3) is 3.60. The molecule has 1 saturated heterocycles. The maximum absolute atomic E-state index is 13.3. The molecule has 28 heavy (non-hydrogen) atoms. The lowest BCUT2D eigenvalue weighted by Gasteiger charge is -2.36. The fourth-order valence-electron chi connectivity index (χ4n) is 3.83. The number of aromatic nitrogens is 2. The monoisotopic (exact) mass is 383 g/mol. The van der Waals surface area contributed by atoms with Crippen molar-refractivity contribution in [2.45, 2.75) is 18.3 Å². The van der Waals surface area contributed by atoms with Gasteiger partial charge in [-0.2, -0.15) is 5.10 Å². The van der Waals surface area contributed by atoms with Crippen LogP contribution in [0, 0.1) is 11.6 Å². The Morgan fingerprint density at radius 1 is 1.04 bits per heavy atom. The van der Waals surface area contributed by atoms with Crippen LogP contribution in [-0.4, -0.2) is 39.4 Å². The number of H-pyrrole nitrogens is 1. The molecule has 0 bridgehead atoms. The van der Waals surface area contributed by atoms with Crippen LogP contribution in [0.15, 0.2) is 54.6 Å². The Balaban J connectivity index is 1.65. The zero-order valence-corrected chi connectivity index (χ0v) is 15.0. The van der Waals surface area contributed by atoms with Crippen molar-refractivity contribution in [1.29, 1.82) is 0 Å². The Morgan fingerprint density at radius 2 is 1.68 bits per heavy atom. The molecule has 0 saturated carbocycles. The number of nitrogens with zero attached hydrogens (tertiary/aromatic N) is 2. The number of carboxylic acid groups (broad SMARTS) is 1. The van der Waals surface area contributed by atoms with Crippen LogP contribution in [0.5, 0.6) is 0 Å². The van der Waals surface area contributed by atoms with E-state index < -0.39 is 6.09 Å². The van der Waals surface area contributed by atoms with Crippen LogP contribution in [0.1, 0.15) is 29.5 Å². The van der Waals surface area contributed by atoms with Gasteiger partial charge in [0, 0.05) is 24.9 Å². The Kier molecular flexibility index (Phi) is 4.81. The average molecular weight is 383 g/mol. The first kappa shape index (κ1) is 18.2. The second kappa shape index (κ2) is 7.42. The number of hydrogen-bond acceptors (Lipinski definition) is 2. The van der Waals surface area contributed by atoms with Crippen LogP contribution in [0.25, 0.3) is 11.3 Å². The van der Waals surface area contributed by atoms with Gasteiger partial charge in [-0.05, 0) is 60.0 Å². The van der Waals surface area contributed by atoms with Crippen molar-refractivity contribution >= 4 is 6.09 Å². The maximum Gasteiger partial charge on any atom is 0.407 e. The summed E-state index contributed by atoms with van der Waals surface area (Å²) < 4.78 is 26.5. The highest BCUT2D eigenvalue weighted by Crippen LogP contribution is 2.40. The molecule has 0 aliphatic carbocycles. The van der Waals surface area contributed by atoms with E-state index in [-0.39, 0.29) is 23.5 Å². The summed E-state index contributed by atoms with van der Waals surface area (Å²) in [5, 5.41) is 16.8. The molecule has 5 nitrogen and oxygen atoms in total. The van der Waals surface area contributed by atoms with Crippen LogP contribution < -0.4 is 0 Å². The smallest absolute Gasteiger partial charge is 0.407 e. The van der Waals surface area contributed by atoms with Crippen molar-refractivity contribution in [2.75, 3.05) is 13.1 Å². The standard InChI is InChI=1S/C21H19F2N3O2/c22-15-5-1-13(2-6-15)18-12-26(21(27)28)10-9-17(18)20-11-19(24-25-20)14-3-7-16(23)8-4-14/h1-8,11,17-18H,9-10,12H2,(H,24,25)(H,27,28)/t17-,18+/m1/s1. The highest BCUT2D eigenvalue weighted by atomic mass is 19.1. The molecule has 4 rings (SSSR count). The van der Waals surface area contributed by atoms with Crippen LogP contribution >= 0.6 is 0 Å². The summed E-state index contributed by atoms with van der Waals surface area (Å²) in [7, 11) is 0. The lowest BCUT2D eigenvalue weighted by atomic mass is 9.79. The van der Waals surface area contributed by atoms with Gasteiger partial charge in [-0.1, -0.05) is 12.1 Å². The van der Waals surface area contributed by atoms with Gasteiger partial charge in [0.15, 0.2) is 0 Å². The summed E-state index contributed by atoms with van der Waals surface area (Å²) in [6.07, 6.45) is -0.346. The number of piperidine rings is 1. The Bertz CT molecular complexity index is 970. The van der Waals surface area contributed by atoms with Gasteiger partial charge in [0.2, 0.25) is 0 Å². The van der Waals surface area contributed by atoms with Crippen molar-refractivity contribution in [2.24, 2.45) is 0 Å². The lowest BCUT2D eigenvalue weighted by molar-refractivity contribution is 0.125. The molecule has 7 heteroatoms. The molecular weight excluding hydrogens is 364 g/mol. The van der Waals surface area contributed by atoms with Crippen molar-refractivity contribution in [3.05, 3.63) is 77.5 Å². The highest BCUT2D eigenvalue weighted by molar-refractivity contribution is 5.65. The molecule has 1 fully saturated rings. The third-order valence-corrected chi connectivity index (χ3v) is 5.31. The van der Waals surface area contributed by atoms with Gasteiger partial charge in [0.25, 0.3) is 0 Å². The first-order valence-electron chi connectivity index (χ1n) is 9.06. The normalized spacial score (nSPS) is 19.6. The number of benzene rings is 2. The minimum atomic E-state index is -0.959. The maximum atomic E-state index is 13.3. The molecule has 1 aliphatic heterocycles. The van der Waals surface area contributed by atoms with E-state index in [0.29, 0.717) is 19.5 Å². The van der Waals surface area contributed by atoms with E-state index in [4.69, 9.17) is 0 Å². The largest absolute Gasteiger partial charge is 0.465 e. The second-order valence-corrected chi connectivity index (χ2v) is 7.00. The number of likely N-dealkylation sites (tertiary alicyclic amines) is 1. The summed E-state index contributed by atoms with van der Waals surface area (Å²) in [6, 6.07) is 14.2. The summed E-state index contributed by atoms with van der Waals surface area (Å²) in [5.74, 6) is -0.771. The van der Waals surface area contributed by atoms with Crippen molar-refractivity contribution in [1.82, 2.24) is 15.1 Å². The zero-order chi connectivity index (χ0) is 19.7. The van der Waals surface area contributed by atoms with E-state index in [1.54, 1.807) is 24.3 Å². The number of hydrogen-bond donors (Lipinski definition) is 2. The quantitative estimate of drug-likeness (QED) is 0.694. The van der Waals surface area contributed by atoms with Crippen LogP contribution in [-0.2, 0) is 0 Å². The summed E-state index contributed by atoms with van der Waals surface area (Å²) in [6.45, 7) is 0.737. The first-order valence-corrected chi connectivity index (χ1v) is 9.06. The topological polar surface area (TPSA) is 69.2 Å².